The first-order chi connectivity index (χ1) is 8.06. The smallest absolute Gasteiger partial charge is 0.255 e. The molecule has 0 aliphatic heterocycles. The van der Waals surface area contributed by atoms with Gasteiger partial charge in [0, 0.05) is 12.3 Å². The summed E-state index contributed by atoms with van der Waals surface area (Å²) >= 11 is 17.1. The number of pyridine rings is 1. The van der Waals surface area contributed by atoms with Gasteiger partial charge < -0.3 is 4.74 Å². The average Bonchev–Trinajstić information content (AvgIpc) is 2.27. The van der Waals surface area contributed by atoms with Gasteiger partial charge in [-0.15, -0.1) is 0 Å². The number of nitrogens with zero attached hydrogens (tertiary/aromatic N) is 1. The van der Waals surface area contributed by atoms with Crippen LogP contribution in [0.3, 0.4) is 0 Å². The Bertz CT molecular complexity index is 562. The van der Waals surface area contributed by atoms with Crippen LogP contribution in [0.1, 0.15) is 0 Å². The molecule has 0 saturated heterocycles. The maximum atomic E-state index is 13.4. The maximum absolute atomic E-state index is 13.4. The zero-order valence-corrected chi connectivity index (χ0v) is 10.5. The van der Waals surface area contributed by atoms with Gasteiger partial charge in [0.25, 0.3) is 5.88 Å². The highest BCUT2D eigenvalue weighted by Crippen LogP contribution is 2.30. The molecule has 17 heavy (non-hydrogen) atoms. The summed E-state index contributed by atoms with van der Waals surface area (Å²) in [4.78, 5) is 3.72. The number of benzene rings is 1. The van der Waals surface area contributed by atoms with Crippen LogP contribution in [0, 0.1) is 5.82 Å². The molecule has 0 saturated carbocycles. The van der Waals surface area contributed by atoms with Gasteiger partial charge in [-0.25, -0.2) is 9.37 Å². The van der Waals surface area contributed by atoms with Crippen molar-refractivity contribution in [1.82, 2.24) is 4.98 Å². The van der Waals surface area contributed by atoms with E-state index in [-0.39, 0.29) is 10.9 Å². The van der Waals surface area contributed by atoms with E-state index < -0.39 is 5.82 Å². The number of halogens is 4. The van der Waals surface area contributed by atoms with Gasteiger partial charge in [0.2, 0.25) is 0 Å². The molecular formula is C11H5Cl3FNO. The topological polar surface area (TPSA) is 22.1 Å². The van der Waals surface area contributed by atoms with Gasteiger partial charge in [0.05, 0.1) is 15.1 Å². The molecule has 0 unspecified atom stereocenters. The molecule has 88 valence electrons. The van der Waals surface area contributed by atoms with Gasteiger partial charge in [0.1, 0.15) is 5.75 Å². The van der Waals surface area contributed by atoms with Crippen molar-refractivity contribution in [2.24, 2.45) is 0 Å². The third-order valence-corrected chi connectivity index (χ3v) is 2.83. The van der Waals surface area contributed by atoms with Crippen LogP contribution < -0.4 is 4.74 Å². The van der Waals surface area contributed by atoms with Gasteiger partial charge in [-0.05, 0) is 18.2 Å². The first-order valence-electron chi connectivity index (χ1n) is 4.50. The standard InChI is InChI=1S/C11H5Cl3FNO/c12-6-3-10(15)11(16-5-6)17-7-1-2-8(13)9(14)4-7/h1-5H. The minimum atomic E-state index is -0.649. The monoisotopic (exact) mass is 291 g/mol. The fourth-order valence-corrected chi connectivity index (χ4v) is 1.56. The summed E-state index contributed by atoms with van der Waals surface area (Å²) in [5.74, 6) is -0.482. The maximum Gasteiger partial charge on any atom is 0.255 e. The number of aromatic nitrogens is 1. The van der Waals surface area contributed by atoms with E-state index in [0.29, 0.717) is 15.8 Å². The highest BCUT2D eigenvalue weighted by atomic mass is 35.5. The van der Waals surface area contributed by atoms with Gasteiger partial charge >= 0.3 is 0 Å². The van der Waals surface area contributed by atoms with Crippen LogP contribution in [0.4, 0.5) is 4.39 Å². The summed E-state index contributed by atoms with van der Waals surface area (Å²) in [5, 5.41) is 0.908. The lowest BCUT2D eigenvalue weighted by atomic mass is 10.3. The molecule has 2 nitrogen and oxygen atoms in total. The molecule has 0 N–H and O–H groups in total. The lowest BCUT2D eigenvalue weighted by Crippen LogP contribution is -1.91. The van der Waals surface area contributed by atoms with E-state index in [9.17, 15) is 4.39 Å². The van der Waals surface area contributed by atoms with Crippen LogP contribution in [-0.4, -0.2) is 4.98 Å². The molecule has 0 fully saturated rings. The molecular weight excluding hydrogens is 287 g/mol. The third kappa shape index (κ3) is 3.00. The second kappa shape index (κ2) is 5.08. The van der Waals surface area contributed by atoms with Crippen LogP contribution in [-0.2, 0) is 0 Å². The van der Waals surface area contributed by atoms with E-state index in [1.807, 2.05) is 0 Å². The van der Waals surface area contributed by atoms with E-state index in [1.54, 1.807) is 12.1 Å². The van der Waals surface area contributed by atoms with Crippen LogP contribution >= 0.6 is 34.8 Å². The number of hydrogen-bond donors (Lipinski definition) is 0. The van der Waals surface area contributed by atoms with E-state index in [4.69, 9.17) is 39.5 Å². The van der Waals surface area contributed by atoms with Crippen molar-refractivity contribution in [1.29, 1.82) is 0 Å². The fourth-order valence-electron chi connectivity index (χ4n) is 1.13. The van der Waals surface area contributed by atoms with Crippen LogP contribution in [0.5, 0.6) is 11.6 Å². The molecule has 0 bridgehead atoms. The highest BCUT2D eigenvalue weighted by molar-refractivity contribution is 6.42. The van der Waals surface area contributed by atoms with Crippen molar-refractivity contribution in [2.45, 2.75) is 0 Å². The Morgan fingerprint density at radius 1 is 1.06 bits per heavy atom. The van der Waals surface area contributed by atoms with Crippen LogP contribution in [0.25, 0.3) is 0 Å². The predicted octanol–water partition coefficient (Wildman–Crippen LogP) is 4.97. The van der Waals surface area contributed by atoms with Gasteiger partial charge in [0.15, 0.2) is 5.82 Å². The summed E-state index contributed by atoms with van der Waals surface area (Å²) in [6, 6.07) is 5.69. The molecule has 0 spiro atoms. The first kappa shape index (κ1) is 12.4. The second-order valence-electron chi connectivity index (χ2n) is 3.12. The molecule has 0 atom stereocenters. The summed E-state index contributed by atoms with van der Waals surface area (Å²) in [7, 11) is 0. The molecule has 0 aliphatic carbocycles. The normalized spacial score (nSPS) is 10.4. The van der Waals surface area contributed by atoms with Gasteiger partial charge in [-0.2, -0.15) is 0 Å². The van der Waals surface area contributed by atoms with Crippen molar-refractivity contribution in [3.05, 3.63) is 51.3 Å². The molecule has 6 heteroatoms. The molecule has 2 rings (SSSR count). The molecule has 0 radical (unpaired) electrons. The fraction of sp³-hybridized carbons (Fsp3) is 0. The van der Waals surface area contributed by atoms with Crippen molar-refractivity contribution in [3.63, 3.8) is 0 Å². The Morgan fingerprint density at radius 3 is 2.47 bits per heavy atom. The van der Waals surface area contributed by atoms with E-state index in [1.165, 1.54) is 12.3 Å². The molecule has 1 aromatic carbocycles. The first-order valence-corrected chi connectivity index (χ1v) is 5.63. The van der Waals surface area contributed by atoms with Crippen molar-refractivity contribution in [3.8, 4) is 11.6 Å². The Hall–Kier alpha value is -1.03. The van der Waals surface area contributed by atoms with Crippen LogP contribution in [0.2, 0.25) is 15.1 Å². The Kier molecular flexibility index (Phi) is 3.72. The molecule has 1 heterocycles. The summed E-state index contributed by atoms with van der Waals surface area (Å²) < 4.78 is 18.6. The summed E-state index contributed by atoms with van der Waals surface area (Å²) in [5.41, 5.74) is 0. The zero-order valence-electron chi connectivity index (χ0n) is 8.25. The van der Waals surface area contributed by atoms with Crippen molar-refractivity contribution >= 4 is 34.8 Å². The summed E-state index contributed by atoms with van der Waals surface area (Å²) in [6.07, 6.45) is 1.29. The minimum Gasteiger partial charge on any atom is -0.436 e. The highest BCUT2D eigenvalue weighted by Gasteiger charge is 2.08. The lowest BCUT2D eigenvalue weighted by molar-refractivity contribution is 0.423. The third-order valence-electron chi connectivity index (χ3n) is 1.88. The van der Waals surface area contributed by atoms with E-state index in [2.05, 4.69) is 4.98 Å². The number of ether oxygens (including phenoxy) is 1. The number of rotatable bonds is 2. The second-order valence-corrected chi connectivity index (χ2v) is 4.37. The quantitative estimate of drug-likeness (QED) is 0.779. The Morgan fingerprint density at radius 2 is 1.82 bits per heavy atom. The van der Waals surface area contributed by atoms with Gasteiger partial charge in [-0.1, -0.05) is 34.8 Å². The molecule has 0 aliphatic rings. The predicted molar refractivity (Wildman–Crippen MR) is 65.7 cm³/mol. The molecule has 1 aromatic heterocycles. The van der Waals surface area contributed by atoms with Crippen molar-refractivity contribution < 1.29 is 9.13 Å². The lowest BCUT2D eigenvalue weighted by Gasteiger charge is -2.06. The van der Waals surface area contributed by atoms with E-state index >= 15 is 0 Å². The Balaban J connectivity index is 2.28. The van der Waals surface area contributed by atoms with E-state index in [0.717, 1.165) is 6.07 Å². The molecule has 0 amide bonds. The van der Waals surface area contributed by atoms with Crippen molar-refractivity contribution in [2.75, 3.05) is 0 Å². The summed E-state index contributed by atoms with van der Waals surface area (Å²) in [6.45, 7) is 0. The number of hydrogen-bond acceptors (Lipinski definition) is 2. The minimum absolute atomic E-state index is 0.173. The molecule has 2 aromatic rings. The van der Waals surface area contributed by atoms with Gasteiger partial charge in [-0.3, -0.25) is 0 Å². The largest absolute Gasteiger partial charge is 0.436 e. The average molecular weight is 293 g/mol. The Labute approximate surface area is 112 Å². The SMILES string of the molecule is Fc1cc(Cl)cnc1Oc1ccc(Cl)c(Cl)c1. The zero-order chi connectivity index (χ0) is 12.4. The van der Waals surface area contributed by atoms with Crippen LogP contribution in [0.15, 0.2) is 30.5 Å².